The number of nitrogens with one attached hydrogen (secondary N) is 2. The molecule has 2 N–H and O–H groups in total. The largest absolute Gasteiger partial charge is 0.382 e. The number of hydrogen-bond acceptors (Lipinski definition) is 2. The Labute approximate surface area is 148 Å². The van der Waals surface area contributed by atoms with E-state index in [2.05, 4.69) is 55.8 Å². The number of benzene rings is 1. The summed E-state index contributed by atoms with van der Waals surface area (Å²) in [6, 6.07) is 10.0. The van der Waals surface area contributed by atoms with Crippen LogP contribution < -0.4 is 10.6 Å². The average molecular weight is 329 g/mol. The maximum atomic E-state index is 3.77. The van der Waals surface area contributed by atoms with Gasteiger partial charge < -0.3 is 10.6 Å². The van der Waals surface area contributed by atoms with Crippen LogP contribution in [0.2, 0.25) is 0 Å². The molecule has 0 saturated heterocycles. The molecule has 134 valence electrons. The van der Waals surface area contributed by atoms with E-state index in [1.165, 1.54) is 63.6 Å². The molecule has 0 heterocycles. The summed E-state index contributed by atoms with van der Waals surface area (Å²) in [6.45, 7) is 6.02. The Bertz CT molecular complexity index is 487. The summed E-state index contributed by atoms with van der Waals surface area (Å²) in [4.78, 5) is 0. The molecule has 2 heteroatoms. The first kappa shape index (κ1) is 17.8. The van der Waals surface area contributed by atoms with Crippen LogP contribution in [0, 0.1) is 11.3 Å². The lowest BCUT2D eigenvalue weighted by atomic mass is 9.71. The second-order valence-corrected chi connectivity index (χ2v) is 8.98. The van der Waals surface area contributed by atoms with Gasteiger partial charge in [-0.25, -0.2) is 0 Å². The maximum absolute atomic E-state index is 3.77. The highest BCUT2D eigenvalue weighted by Crippen LogP contribution is 2.42. The van der Waals surface area contributed by atoms with Gasteiger partial charge in [-0.1, -0.05) is 26.0 Å². The maximum Gasteiger partial charge on any atom is 0.0342 e. The van der Waals surface area contributed by atoms with E-state index in [1.807, 2.05) is 0 Å². The molecule has 0 aromatic heterocycles. The highest BCUT2D eigenvalue weighted by atomic mass is 14.9. The molecule has 2 fully saturated rings. The fourth-order valence-electron chi connectivity index (χ4n) is 4.62. The summed E-state index contributed by atoms with van der Waals surface area (Å²) in [5.41, 5.74) is 3.42. The van der Waals surface area contributed by atoms with Crippen molar-refractivity contribution >= 4 is 5.69 Å². The van der Waals surface area contributed by atoms with E-state index >= 15 is 0 Å². The van der Waals surface area contributed by atoms with E-state index in [0.717, 1.165) is 11.8 Å². The second kappa shape index (κ2) is 7.91. The van der Waals surface area contributed by atoms with Crippen LogP contribution in [-0.4, -0.2) is 19.6 Å². The van der Waals surface area contributed by atoms with Crippen molar-refractivity contribution in [1.29, 1.82) is 0 Å². The number of anilines is 1. The van der Waals surface area contributed by atoms with Gasteiger partial charge >= 0.3 is 0 Å². The zero-order valence-corrected chi connectivity index (χ0v) is 15.9. The van der Waals surface area contributed by atoms with E-state index in [4.69, 9.17) is 0 Å². The molecule has 0 radical (unpaired) electrons. The van der Waals surface area contributed by atoms with Gasteiger partial charge in [-0.2, -0.15) is 0 Å². The minimum atomic E-state index is 0.560. The molecular weight excluding hydrogens is 292 g/mol. The molecule has 0 aliphatic heterocycles. The van der Waals surface area contributed by atoms with Gasteiger partial charge in [-0.15, -0.1) is 0 Å². The molecule has 2 aliphatic carbocycles. The molecule has 0 atom stereocenters. The summed E-state index contributed by atoms with van der Waals surface area (Å²) >= 11 is 0. The van der Waals surface area contributed by atoms with Crippen LogP contribution in [0.4, 0.5) is 5.69 Å². The Morgan fingerprint density at radius 1 is 0.917 bits per heavy atom. The van der Waals surface area contributed by atoms with Gasteiger partial charge in [-0.3, -0.25) is 0 Å². The third-order valence-electron chi connectivity index (χ3n) is 6.43. The fourth-order valence-corrected chi connectivity index (χ4v) is 4.62. The Balaban J connectivity index is 1.49. The van der Waals surface area contributed by atoms with Crippen LogP contribution in [0.1, 0.15) is 76.7 Å². The molecule has 0 bridgehead atoms. The standard InChI is InChI=1S/C22H36N2/c1-22(2)14-12-19(13-15-22)18-6-10-21(11-7-18)24-20-8-4-17(5-9-20)16-23-3/h6-7,10-11,17,19-20,23-24H,4-5,8-9,12-16H2,1-3H3. The monoisotopic (exact) mass is 328 g/mol. The molecule has 24 heavy (non-hydrogen) atoms. The van der Waals surface area contributed by atoms with E-state index < -0.39 is 0 Å². The first-order chi connectivity index (χ1) is 11.6. The van der Waals surface area contributed by atoms with Gasteiger partial charge in [0, 0.05) is 11.7 Å². The number of rotatable bonds is 5. The zero-order valence-electron chi connectivity index (χ0n) is 15.9. The molecule has 1 aromatic carbocycles. The predicted molar refractivity (Wildman–Crippen MR) is 105 cm³/mol. The van der Waals surface area contributed by atoms with Crippen molar-refractivity contribution in [3.63, 3.8) is 0 Å². The molecule has 3 rings (SSSR count). The van der Waals surface area contributed by atoms with Crippen LogP contribution in [0.3, 0.4) is 0 Å². The van der Waals surface area contributed by atoms with Crippen LogP contribution in [0.5, 0.6) is 0 Å². The Kier molecular flexibility index (Phi) is 5.86. The third-order valence-corrected chi connectivity index (χ3v) is 6.43. The van der Waals surface area contributed by atoms with Crippen molar-refractivity contribution in [1.82, 2.24) is 5.32 Å². The predicted octanol–water partition coefficient (Wildman–Crippen LogP) is 5.56. The lowest BCUT2D eigenvalue weighted by molar-refractivity contribution is 0.224. The fraction of sp³-hybridized carbons (Fsp3) is 0.727. The highest BCUT2D eigenvalue weighted by molar-refractivity contribution is 5.46. The summed E-state index contributed by atoms with van der Waals surface area (Å²) < 4.78 is 0. The van der Waals surface area contributed by atoms with Gasteiger partial charge in [0.25, 0.3) is 0 Å². The van der Waals surface area contributed by atoms with Crippen molar-refractivity contribution in [2.75, 3.05) is 18.9 Å². The smallest absolute Gasteiger partial charge is 0.0342 e. The SMILES string of the molecule is CNCC1CCC(Nc2ccc(C3CCC(C)(C)CC3)cc2)CC1. The van der Waals surface area contributed by atoms with E-state index in [0.29, 0.717) is 11.5 Å². The second-order valence-electron chi connectivity index (χ2n) is 8.98. The van der Waals surface area contributed by atoms with Crippen LogP contribution >= 0.6 is 0 Å². The average Bonchev–Trinajstić information content (AvgIpc) is 2.58. The number of hydrogen-bond donors (Lipinski definition) is 2. The van der Waals surface area contributed by atoms with Gasteiger partial charge in [0.05, 0.1) is 0 Å². The van der Waals surface area contributed by atoms with E-state index in [-0.39, 0.29) is 0 Å². The van der Waals surface area contributed by atoms with Crippen LogP contribution in [0.25, 0.3) is 0 Å². The molecule has 2 saturated carbocycles. The van der Waals surface area contributed by atoms with E-state index in [9.17, 15) is 0 Å². The first-order valence-corrected chi connectivity index (χ1v) is 10.1. The van der Waals surface area contributed by atoms with Crippen LogP contribution in [-0.2, 0) is 0 Å². The third kappa shape index (κ3) is 4.75. The summed E-state index contributed by atoms with van der Waals surface area (Å²) in [6.07, 6.45) is 10.8. The van der Waals surface area contributed by atoms with E-state index in [1.54, 1.807) is 5.56 Å². The molecular formula is C22H36N2. The van der Waals surface area contributed by atoms with Gasteiger partial charge in [0.15, 0.2) is 0 Å². The zero-order chi connectivity index (χ0) is 17.0. The van der Waals surface area contributed by atoms with Gasteiger partial charge in [0.2, 0.25) is 0 Å². The van der Waals surface area contributed by atoms with Crippen molar-refractivity contribution in [3.05, 3.63) is 29.8 Å². The van der Waals surface area contributed by atoms with Crippen LogP contribution in [0.15, 0.2) is 24.3 Å². The van der Waals surface area contributed by atoms with Gasteiger partial charge in [-0.05, 0) is 99.9 Å². The Morgan fingerprint density at radius 3 is 2.12 bits per heavy atom. The summed E-state index contributed by atoms with van der Waals surface area (Å²) in [5, 5.41) is 7.09. The topological polar surface area (TPSA) is 24.1 Å². The quantitative estimate of drug-likeness (QED) is 0.739. The minimum Gasteiger partial charge on any atom is -0.382 e. The lowest BCUT2D eigenvalue weighted by Crippen LogP contribution is -2.30. The summed E-state index contributed by atoms with van der Waals surface area (Å²) in [5.74, 6) is 1.66. The Hall–Kier alpha value is -1.02. The molecule has 2 aliphatic rings. The molecule has 1 aromatic rings. The molecule has 0 amide bonds. The van der Waals surface area contributed by atoms with Crippen molar-refractivity contribution in [3.8, 4) is 0 Å². The Morgan fingerprint density at radius 2 is 1.54 bits per heavy atom. The summed E-state index contributed by atoms with van der Waals surface area (Å²) in [7, 11) is 2.07. The first-order valence-electron chi connectivity index (χ1n) is 10.1. The lowest BCUT2D eigenvalue weighted by Gasteiger charge is -2.34. The molecule has 2 nitrogen and oxygen atoms in total. The van der Waals surface area contributed by atoms with Crippen molar-refractivity contribution in [2.45, 2.75) is 77.2 Å². The van der Waals surface area contributed by atoms with Crippen molar-refractivity contribution < 1.29 is 0 Å². The van der Waals surface area contributed by atoms with Gasteiger partial charge in [0.1, 0.15) is 0 Å². The molecule has 0 spiro atoms. The normalized spacial score (nSPS) is 27.8. The van der Waals surface area contributed by atoms with Crippen molar-refractivity contribution in [2.24, 2.45) is 11.3 Å². The highest BCUT2D eigenvalue weighted by Gasteiger charge is 2.27. The molecule has 0 unspecified atom stereocenters. The minimum absolute atomic E-state index is 0.560.